The van der Waals surface area contributed by atoms with Crippen LogP contribution in [-0.4, -0.2) is 72.7 Å². The molecule has 0 aliphatic carbocycles. The van der Waals surface area contributed by atoms with Gasteiger partial charge in [0.1, 0.15) is 17.7 Å². The maximum atomic E-state index is 14.0. The maximum absolute atomic E-state index is 14.0. The summed E-state index contributed by atoms with van der Waals surface area (Å²) in [5.41, 5.74) is 5.95. The Morgan fingerprint density at radius 3 is 2.38 bits per heavy atom. The highest BCUT2D eigenvalue weighted by Gasteiger charge is 2.38. The molecule has 1 fully saturated rings. The van der Waals surface area contributed by atoms with Crippen molar-refractivity contribution in [2.75, 3.05) is 20.2 Å². The topological polar surface area (TPSA) is 140 Å². The van der Waals surface area contributed by atoms with Crippen molar-refractivity contribution in [2.45, 2.75) is 96.9 Å². The Morgan fingerprint density at radius 1 is 1.10 bits per heavy atom. The number of methoxy groups -OCH3 is 1. The normalized spacial score (nSPS) is 17.5. The van der Waals surface area contributed by atoms with Crippen molar-refractivity contribution < 1.29 is 28.7 Å². The zero-order valence-electron chi connectivity index (χ0n) is 26.1. The standard InChI is InChI=1S/C32H50N4O6/c1-22(2)20-25(34-31(40)42-32(3,4)5)17-16-24(21-23-12-8-7-9-13-23)29(38)36-19-11-15-27(36)28(37)35-26(14-10-18-33)30(39)41-6/h7-9,12-13,16-17,22,24-27H,10-11,14-15,18-21,33H2,1-6H3,(H,34,40)(H,35,37)/b17-16+/t24-,25+,26?,27-/m0/s1. The smallest absolute Gasteiger partial charge is 0.408 e. The van der Waals surface area contributed by atoms with Gasteiger partial charge in [-0.25, -0.2) is 9.59 Å². The van der Waals surface area contributed by atoms with Crippen LogP contribution in [-0.2, 0) is 30.3 Å². The lowest BCUT2D eigenvalue weighted by Crippen LogP contribution is -2.52. The van der Waals surface area contributed by atoms with Crippen LogP contribution >= 0.6 is 0 Å². The molecule has 0 aromatic heterocycles. The minimum atomic E-state index is -0.820. The van der Waals surface area contributed by atoms with Crippen molar-refractivity contribution in [3.8, 4) is 0 Å². The predicted molar refractivity (Wildman–Crippen MR) is 162 cm³/mol. The van der Waals surface area contributed by atoms with Gasteiger partial charge in [0.2, 0.25) is 11.8 Å². The van der Waals surface area contributed by atoms with Crippen molar-refractivity contribution in [3.63, 3.8) is 0 Å². The van der Waals surface area contributed by atoms with Crippen LogP contribution in [0.15, 0.2) is 42.5 Å². The van der Waals surface area contributed by atoms with Crippen LogP contribution < -0.4 is 16.4 Å². The molecule has 42 heavy (non-hydrogen) atoms. The zero-order chi connectivity index (χ0) is 31.3. The van der Waals surface area contributed by atoms with Crippen LogP contribution in [0.5, 0.6) is 0 Å². The summed E-state index contributed by atoms with van der Waals surface area (Å²) < 4.78 is 10.3. The van der Waals surface area contributed by atoms with E-state index in [2.05, 4.69) is 24.5 Å². The molecule has 2 rings (SSSR count). The zero-order valence-corrected chi connectivity index (χ0v) is 26.1. The highest BCUT2D eigenvalue weighted by atomic mass is 16.6. The SMILES string of the molecule is COC(=O)C(CCCN)NC(=O)[C@@H]1CCCN1C(=O)[C@@H](/C=C/[C@H](CC(C)C)NC(=O)OC(C)(C)C)Cc1ccccc1. The Labute approximate surface area is 250 Å². The third-order valence-corrected chi connectivity index (χ3v) is 6.96. The Balaban J connectivity index is 2.29. The number of rotatable bonds is 14. The molecule has 234 valence electrons. The van der Waals surface area contributed by atoms with Crippen LogP contribution in [0.4, 0.5) is 4.79 Å². The highest BCUT2D eigenvalue weighted by Crippen LogP contribution is 2.24. The quantitative estimate of drug-likeness (QED) is 0.223. The highest BCUT2D eigenvalue weighted by molar-refractivity contribution is 5.92. The summed E-state index contributed by atoms with van der Waals surface area (Å²) >= 11 is 0. The third-order valence-electron chi connectivity index (χ3n) is 6.96. The van der Waals surface area contributed by atoms with Gasteiger partial charge in [-0.3, -0.25) is 9.59 Å². The van der Waals surface area contributed by atoms with Crippen LogP contribution in [0.25, 0.3) is 0 Å². The Bertz CT molecular complexity index is 1050. The van der Waals surface area contributed by atoms with Crippen molar-refractivity contribution in [2.24, 2.45) is 17.6 Å². The number of esters is 1. The van der Waals surface area contributed by atoms with Gasteiger partial charge in [-0.05, 0) is 77.3 Å². The van der Waals surface area contributed by atoms with Crippen molar-refractivity contribution in [1.29, 1.82) is 0 Å². The van der Waals surface area contributed by atoms with E-state index in [1.54, 1.807) is 4.90 Å². The van der Waals surface area contributed by atoms with Gasteiger partial charge in [0.25, 0.3) is 0 Å². The average Bonchev–Trinajstić information content (AvgIpc) is 3.41. The number of hydrogen-bond acceptors (Lipinski definition) is 7. The number of nitrogens with zero attached hydrogens (tertiary/aromatic N) is 1. The number of amides is 3. The van der Waals surface area contributed by atoms with Gasteiger partial charge < -0.3 is 30.7 Å². The molecular weight excluding hydrogens is 536 g/mol. The van der Waals surface area contributed by atoms with Crippen molar-refractivity contribution in [3.05, 3.63) is 48.0 Å². The molecule has 4 N–H and O–H groups in total. The molecule has 1 unspecified atom stereocenters. The van der Waals surface area contributed by atoms with Crippen LogP contribution in [0.1, 0.15) is 72.3 Å². The lowest BCUT2D eigenvalue weighted by Gasteiger charge is -2.29. The third kappa shape index (κ3) is 11.8. The number of benzene rings is 1. The molecule has 1 aliphatic heterocycles. The van der Waals surface area contributed by atoms with Crippen LogP contribution in [0.3, 0.4) is 0 Å². The van der Waals surface area contributed by atoms with Gasteiger partial charge in [0.15, 0.2) is 0 Å². The molecule has 0 spiro atoms. The monoisotopic (exact) mass is 586 g/mol. The maximum Gasteiger partial charge on any atom is 0.408 e. The van der Waals surface area contributed by atoms with Crippen molar-refractivity contribution >= 4 is 23.9 Å². The summed E-state index contributed by atoms with van der Waals surface area (Å²) in [5, 5.41) is 5.71. The number of alkyl carbamates (subject to hydrolysis) is 1. The molecule has 1 heterocycles. The lowest BCUT2D eigenvalue weighted by atomic mass is 9.95. The number of carbonyl (C=O) groups is 4. The average molecular weight is 587 g/mol. The lowest BCUT2D eigenvalue weighted by molar-refractivity contribution is -0.146. The fraction of sp³-hybridized carbons (Fsp3) is 0.625. The van der Waals surface area contributed by atoms with Crippen LogP contribution in [0, 0.1) is 11.8 Å². The van der Waals surface area contributed by atoms with E-state index in [1.807, 2.05) is 63.3 Å². The molecule has 1 aliphatic rings. The molecule has 1 aromatic rings. The molecule has 0 saturated carbocycles. The van der Waals surface area contributed by atoms with E-state index in [1.165, 1.54) is 7.11 Å². The molecule has 3 amide bonds. The summed E-state index contributed by atoms with van der Waals surface area (Å²) in [7, 11) is 1.28. The van der Waals surface area contributed by atoms with Crippen LogP contribution in [0.2, 0.25) is 0 Å². The van der Waals surface area contributed by atoms with E-state index >= 15 is 0 Å². The molecule has 10 nitrogen and oxygen atoms in total. The number of ether oxygens (including phenoxy) is 2. The summed E-state index contributed by atoms with van der Waals surface area (Å²) in [5.74, 6) is -1.37. The van der Waals surface area contributed by atoms with Gasteiger partial charge in [0, 0.05) is 6.54 Å². The summed E-state index contributed by atoms with van der Waals surface area (Å²) in [6, 6.07) is 7.84. The van der Waals surface area contributed by atoms with Gasteiger partial charge >= 0.3 is 12.1 Å². The van der Waals surface area contributed by atoms with Gasteiger partial charge in [-0.2, -0.15) is 0 Å². The molecule has 1 aromatic carbocycles. The Kier molecular flexibility index (Phi) is 14.0. The first kappa shape index (κ1) is 34.8. The number of nitrogens with one attached hydrogen (secondary N) is 2. The van der Waals surface area contributed by atoms with E-state index in [0.29, 0.717) is 51.6 Å². The largest absolute Gasteiger partial charge is 0.467 e. The molecule has 1 saturated heterocycles. The van der Waals surface area contributed by atoms with Gasteiger partial charge in [-0.1, -0.05) is 56.3 Å². The fourth-order valence-corrected chi connectivity index (χ4v) is 5.02. The first-order valence-electron chi connectivity index (χ1n) is 14.9. The van der Waals surface area contributed by atoms with Crippen molar-refractivity contribution in [1.82, 2.24) is 15.5 Å². The molecule has 0 radical (unpaired) electrons. The Hall–Kier alpha value is -3.40. The molecule has 10 heteroatoms. The minimum Gasteiger partial charge on any atom is -0.467 e. The first-order valence-corrected chi connectivity index (χ1v) is 14.9. The summed E-state index contributed by atoms with van der Waals surface area (Å²) in [4.78, 5) is 53.8. The second kappa shape index (κ2) is 16.9. The first-order chi connectivity index (χ1) is 19.8. The number of carbonyl (C=O) groups excluding carboxylic acids is 4. The number of nitrogens with two attached hydrogens (primary N) is 1. The second-order valence-electron chi connectivity index (χ2n) is 12.3. The van der Waals surface area contributed by atoms with Gasteiger partial charge in [-0.15, -0.1) is 0 Å². The van der Waals surface area contributed by atoms with E-state index in [4.69, 9.17) is 15.2 Å². The molecule has 0 bridgehead atoms. The van der Waals surface area contributed by atoms with Gasteiger partial charge in [0.05, 0.1) is 19.1 Å². The van der Waals surface area contributed by atoms with E-state index in [-0.39, 0.29) is 23.8 Å². The Morgan fingerprint density at radius 2 is 1.79 bits per heavy atom. The molecule has 4 atom stereocenters. The predicted octanol–water partition coefficient (Wildman–Crippen LogP) is 3.73. The van der Waals surface area contributed by atoms with E-state index in [0.717, 1.165) is 5.56 Å². The van der Waals surface area contributed by atoms with E-state index in [9.17, 15) is 19.2 Å². The summed E-state index contributed by atoms with van der Waals surface area (Å²) in [6.07, 6.45) is 6.36. The van der Waals surface area contributed by atoms with E-state index < -0.39 is 35.7 Å². The number of likely N-dealkylation sites (tertiary alicyclic amines) is 1. The fourth-order valence-electron chi connectivity index (χ4n) is 5.02. The second-order valence-corrected chi connectivity index (χ2v) is 12.3. The number of hydrogen-bond donors (Lipinski definition) is 3. The summed E-state index contributed by atoms with van der Waals surface area (Å²) in [6.45, 7) is 10.4. The minimum absolute atomic E-state index is 0.176. The molecular formula is C32H50N4O6.